The van der Waals surface area contributed by atoms with E-state index in [2.05, 4.69) is 5.32 Å². The molecule has 1 saturated heterocycles. The minimum absolute atomic E-state index is 0.0175. The summed E-state index contributed by atoms with van der Waals surface area (Å²) in [4.78, 5) is 26.5. The van der Waals surface area contributed by atoms with E-state index in [1.807, 2.05) is 0 Å². The van der Waals surface area contributed by atoms with Gasteiger partial charge in [0.1, 0.15) is 6.04 Å². The van der Waals surface area contributed by atoms with Crippen LogP contribution in [0, 0.1) is 5.92 Å². The molecule has 1 atom stereocenters. The van der Waals surface area contributed by atoms with Gasteiger partial charge in [0, 0.05) is 13.1 Å². The van der Waals surface area contributed by atoms with Gasteiger partial charge in [-0.1, -0.05) is 32.1 Å². The van der Waals surface area contributed by atoms with E-state index in [0.717, 1.165) is 25.2 Å². The number of furan rings is 1. The van der Waals surface area contributed by atoms with Crippen LogP contribution in [0.4, 0.5) is 0 Å². The summed E-state index contributed by atoms with van der Waals surface area (Å²) in [6, 6.07) is 3.00. The Balaban J connectivity index is 1.42. The SMILES string of the molecule is O=C(NCCCC1CCCCC1)C1CCCN1C(=O)c1ccco1. The lowest BCUT2D eigenvalue weighted by atomic mass is 9.86. The van der Waals surface area contributed by atoms with Gasteiger partial charge in [-0.15, -0.1) is 0 Å². The van der Waals surface area contributed by atoms with Crippen LogP contribution < -0.4 is 5.32 Å². The molecule has 132 valence electrons. The Morgan fingerprint density at radius 1 is 1.17 bits per heavy atom. The second-order valence-electron chi connectivity index (χ2n) is 7.07. The van der Waals surface area contributed by atoms with Gasteiger partial charge < -0.3 is 14.6 Å². The first-order chi connectivity index (χ1) is 11.8. The maximum Gasteiger partial charge on any atom is 0.290 e. The van der Waals surface area contributed by atoms with E-state index in [4.69, 9.17) is 4.42 Å². The van der Waals surface area contributed by atoms with Crippen LogP contribution in [0.5, 0.6) is 0 Å². The van der Waals surface area contributed by atoms with Crippen molar-refractivity contribution in [3.8, 4) is 0 Å². The molecule has 1 aromatic heterocycles. The van der Waals surface area contributed by atoms with E-state index in [1.165, 1.54) is 44.8 Å². The number of carbonyl (C=O) groups is 2. The van der Waals surface area contributed by atoms with Crippen LogP contribution in [-0.2, 0) is 4.79 Å². The molecule has 1 saturated carbocycles. The van der Waals surface area contributed by atoms with Crippen LogP contribution in [0.1, 0.15) is 68.3 Å². The number of nitrogens with one attached hydrogen (secondary N) is 1. The minimum atomic E-state index is -0.350. The predicted molar refractivity (Wildman–Crippen MR) is 91.6 cm³/mol. The topological polar surface area (TPSA) is 62.6 Å². The number of amides is 2. The van der Waals surface area contributed by atoms with Gasteiger partial charge in [0.2, 0.25) is 5.91 Å². The fourth-order valence-corrected chi connectivity index (χ4v) is 4.02. The van der Waals surface area contributed by atoms with Crippen molar-refractivity contribution >= 4 is 11.8 Å². The molecule has 2 heterocycles. The number of hydrogen-bond acceptors (Lipinski definition) is 3. The minimum Gasteiger partial charge on any atom is -0.459 e. The summed E-state index contributed by atoms with van der Waals surface area (Å²) in [5, 5.41) is 3.03. The van der Waals surface area contributed by atoms with Crippen molar-refractivity contribution in [2.45, 2.75) is 63.8 Å². The molecular weight excluding hydrogens is 304 g/mol. The molecule has 1 aliphatic carbocycles. The van der Waals surface area contributed by atoms with Gasteiger partial charge in [-0.2, -0.15) is 0 Å². The molecule has 2 fully saturated rings. The van der Waals surface area contributed by atoms with Gasteiger partial charge in [-0.3, -0.25) is 9.59 Å². The normalized spacial score (nSPS) is 21.8. The Morgan fingerprint density at radius 2 is 2.00 bits per heavy atom. The van der Waals surface area contributed by atoms with Crippen LogP contribution in [-0.4, -0.2) is 35.8 Å². The maximum atomic E-state index is 12.4. The highest BCUT2D eigenvalue weighted by Crippen LogP contribution is 2.27. The quantitative estimate of drug-likeness (QED) is 0.813. The van der Waals surface area contributed by atoms with Crippen LogP contribution >= 0.6 is 0 Å². The number of rotatable bonds is 6. The van der Waals surface area contributed by atoms with Crippen molar-refractivity contribution in [1.29, 1.82) is 0 Å². The van der Waals surface area contributed by atoms with Crippen molar-refractivity contribution in [2.75, 3.05) is 13.1 Å². The Morgan fingerprint density at radius 3 is 2.75 bits per heavy atom. The molecule has 1 aliphatic heterocycles. The fraction of sp³-hybridized carbons (Fsp3) is 0.684. The smallest absolute Gasteiger partial charge is 0.290 e. The average molecular weight is 332 g/mol. The molecule has 2 aliphatic rings. The third-order valence-electron chi connectivity index (χ3n) is 5.36. The Kier molecular flexibility index (Phi) is 5.94. The molecule has 0 aromatic carbocycles. The summed E-state index contributed by atoms with van der Waals surface area (Å²) in [6.45, 7) is 1.34. The maximum absolute atomic E-state index is 12.4. The average Bonchev–Trinajstić information content (AvgIpc) is 3.30. The first-order valence-electron chi connectivity index (χ1n) is 9.38. The lowest BCUT2D eigenvalue weighted by Gasteiger charge is -2.24. The highest BCUT2D eigenvalue weighted by Gasteiger charge is 2.35. The molecule has 0 radical (unpaired) electrons. The van der Waals surface area contributed by atoms with Crippen LogP contribution in [0.15, 0.2) is 22.8 Å². The summed E-state index contributed by atoms with van der Waals surface area (Å²) in [6.07, 6.45) is 12.1. The third-order valence-corrected chi connectivity index (χ3v) is 5.36. The largest absolute Gasteiger partial charge is 0.459 e. The zero-order valence-electron chi connectivity index (χ0n) is 14.3. The molecule has 24 heavy (non-hydrogen) atoms. The highest BCUT2D eigenvalue weighted by atomic mass is 16.3. The van der Waals surface area contributed by atoms with Crippen molar-refractivity contribution in [2.24, 2.45) is 5.92 Å². The molecule has 5 heteroatoms. The summed E-state index contributed by atoms with van der Waals surface area (Å²) < 4.78 is 5.18. The van der Waals surface area contributed by atoms with Crippen molar-refractivity contribution in [3.05, 3.63) is 24.2 Å². The summed E-state index contributed by atoms with van der Waals surface area (Å²) in [5.74, 6) is 0.960. The lowest BCUT2D eigenvalue weighted by Crippen LogP contribution is -2.46. The number of carbonyl (C=O) groups excluding carboxylic acids is 2. The summed E-state index contributed by atoms with van der Waals surface area (Å²) in [7, 11) is 0. The second kappa shape index (κ2) is 8.36. The Bertz CT molecular complexity index is 535. The van der Waals surface area contributed by atoms with E-state index in [1.54, 1.807) is 17.0 Å². The summed E-state index contributed by atoms with van der Waals surface area (Å²) >= 11 is 0. The number of likely N-dealkylation sites (tertiary alicyclic amines) is 1. The molecule has 1 aromatic rings. The molecule has 0 bridgehead atoms. The van der Waals surface area contributed by atoms with E-state index in [-0.39, 0.29) is 17.9 Å². The van der Waals surface area contributed by atoms with E-state index in [0.29, 0.717) is 18.8 Å². The van der Waals surface area contributed by atoms with Gasteiger partial charge in [-0.25, -0.2) is 0 Å². The second-order valence-corrected chi connectivity index (χ2v) is 7.07. The standard InChI is InChI=1S/C19H28N2O3/c22-18(20-12-4-9-15-7-2-1-3-8-15)16-10-5-13-21(16)19(23)17-11-6-14-24-17/h6,11,14-16H,1-5,7-10,12-13H2,(H,20,22). The monoisotopic (exact) mass is 332 g/mol. The van der Waals surface area contributed by atoms with Crippen molar-refractivity contribution in [1.82, 2.24) is 10.2 Å². The number of nitrogens with zero attached hydrogens (tertiary/aromatic N) is 1. The highest BCUT2D eigenvalue weighted by molar-refractivity contribution is 5.95. The lowest BCUT2D eigenvalue weighted by molar-refractivity contribution is -0.124. The van der Waals surface area contributed by atoms with Gasteiger partial charge in [0.05, 0.1) is 6.26 Å². The molecule has 5 nitrogen and oxygen atoms in total. The van der Waals surface area contributed by atoms with E-state index < -0.39 is 0 Å². The molecule has 3 rings (SSSR count). The van der Waals surface area contributed by atoms with Gasteiger partial charge in [0.25, 0.3) is 5.91 Å². The Labute approximate surface area is 143 Å². The zero-order valence-corrected chi connectivity index (χ0v) is 14.3. The summed E-state index contributed by atoms with van der Waals surface area (Å²) in [5.41, 5.74) is 0. The molecule has 2 amide bonds. The zero-order chi connectivity index (χ0) is 16.8. The Hall–Kier alpha value is -1.78. The molecule has 0 spiro atoms. The molecule has 1 N–H and O–H groups in total. The van der Waals surface area contributed by atoms with Crippen molar-refractivity contribution < 1.29 is 14.0 Å². The van der Waals surface area contributed by atoms with Crippen LogP contribution in [0.25, 0.3) is 0 Å². The predicted octanol–water partition coefficient (Wildman–Crippen LogP) is 3.36. The van der Waals surface area contributed by atoms with Gasteiger partial charge in [0.15, 0.2) is 5.76 Å². The molecule has 1 unspecified atom stereocenters. The molecular formula is C19H28N2O3. The van der Waals surface area contributed by atoms with Gasteiger partial charge in [-0.05, 0) is 43.7 Å². The van der Waals surface area contributed by atoms with E-state index >= 15 is 0 Å². The fourth-order valence-electron chi connectivity index (χ4n) is 4.02. The van der Waals surface area contributed by atoms with E-state index in [9.17, 15) is 9.59 Å². The first-order valence-corrected chi connectivity index (χ1v) is 9.38. The third kappa shape index (κ3) is 4.19. The van der Waals surface area contributed by atoms with Gasteiger partial charge >= 0.3 is 0 Å². The van der Waals surface area contributed by atoms with Crippen LogP contribution in [0.2, 0.25) is 0 Å². The van der Waals surface area contributed by atoms with Crippen molar-refractivity contribution in [3.63, 3.8) is 0 Å². The van der Waals surface area contributed by atoms with Crippen LogP contribution in [0.3, 0.4) is 0 Å². The number of hydrogen-bond donors (Lipinski definition) is 1. The first kappa shape index (κ1) is 17.1.